The fourth-order valence-electron chi connectivity index (χ4n) is 4.05. The number of hydrogen-bond donors (Lipinski definition) is 1. The number of unbranched alkanes of at least 4 members (excludes halogenated alkanes) is 3. The molecule has 2 atom stereocenters. The lowest BCUT2D eigenvalue weighted by atomic mass is 9.84. The van der Waals surface area contributed by atoms with Crippen LogP contribution >= 0.6 is 0 Å². The monoisotopic (exact) mass is 281 g/mol. The number of piperidine rings is 2. The van der Waals surface area contributed by atoms with Gasteiger partial charge in [0.05, 0.1) is 0 Å². The van der Waals surface area contributed by atoms with E-state index in [0.29, 0.717) is 0 Å². The number of likely N-dealkylation sites (tertiary alicyclic amines) is 2. The Morgan fingerprint density at radius 2 is 1.90 bits per heavy atom. The first-order chi connectivity index (χ1) is 9.81. The highest BCUT2D eigenvalue weighted by Gasteiger charge is 2.33. The Morgan fingerprint density at radius 1 is 1.05 bits per heavy atom. The Bertz CT molecular complexity index is 257. The van der Waals surface area contributed by atoms with Crippen molar-refractivity contribution in [3.05, 3.63) is 0 Å². The maximum Gasteiger partial charge on any atom is 0.0145 e. The van der Waals surface area contributed by atoms with Gasteiger partial charge in [0.15, 0.2) is 0 Å². The molecule has 0 aliphatic carbocycles. The van der Waals surface area contributed by atoms with Crippen molar-refractivity contribution >= 4 is 0 Å². The predicted octanol–water partition coefficient (Wildman–Crippen LogP) is 2.57. The zero-order valence-electron chi connectivity index (χ0n) is 13.7. The van der Waals surface area contributed by atoms with Crippen LogP contribution < -0.4 is 5.32 Å². The van der Waals surface area contributed by atoms with Gasteiger partial charge in [0.25, 0.3) is 0 Å². The first-order valence-corrected chi connectivity index (χ1v) is 8.94. The van der Waals surface area contributed by atoms with Crippen LogP contribution in [0.2, 0.25) is 0 Å². The molecule has 20 heavy (non-hydrogen) atoms. The molecule has 2 fully saturated rings. The van der Waals surface area contributed by atoms with Crippen molar-refractivity contribution in [2.75, 3.05) is 46.3 Å². The van der Waals surface area contributed by atoms with Crippen molar-refractivity contribution in [2.45, 2.75) is 57.9 Å². The van der Waals surface area contributed by atoms with Gasteiger partial charge in [-0.3, -0.25) is 0 Å². The second-order valence-electron chi connectivity index (χ2n) is 6.81. The number of nitrogens with zero attached hydrogens (tertiary/aromatic N) is 2. The molecule has 2 aliphatic heterocycles. The van der Waals surface area contributed by atoms with Crippen LogP contribution in [0.4, 0.5) is 0 Å². The van der Waals surface area contributed by atoms with Gasteiger partial charge in [-0.05, 0) is 77.8 Å². The Labute approximate surface area is 126 Å². The largest absolute Gasteiger partial charge is 0.317 e. The van der Waals surface area contributed by atoms with Gasteiger partial charge in [0.1, 0.15) is 0 Å². The molecule has 118 valence electrons. The zero-order chi connectivity index (χ0) is 14.2. The second kappa shape index (κ2) is 9.01. The molecule has 3 nitrogen and oxygen atoms in total. The van der Waals surface area contributed by atoms with E-state index < -0.39 is 0 Å². The van der Waals surface area contributed by atoms with Crippen LogP contribution in [0.15, 0.2) is 0 Å². The van der Waals surface area contributed by atoms with E-state index in [1.807, 2.05) is 0 Å². The molecule has 0 aromatic rings. The normalized spacial score (nSPS) is 28.5. The average molecular weight is 281 g/mol. The summed E-state index contributed by atoms with van der Waals surface area (Å²) in [6.45, 7) is 9.88. The van der Waals surface area contributed by atoms with Crippen molar-refractivity contribution in [3.63, 3.8) is 0 Å². The van der Waals surface area contributed by atoms with Crippen molar-refractivity contribution in [1.82, 2.24) is 15.1 Å². The van der Waals surface area contributed by atoms with Gasteiger partial charge in [-0.25, -0.2) is 0 Å². The lowest BCUT2D eigenvalue weighted by Crippen LogP contribution is -2.52. The van der Waals surface area contributed by atoms with E-state index >= 15 is 0 Å². The second-order valence-corrected chi connectivity index (χ2v) is 6.81. The fraction of sp³-hybridized carbons (Fsp3) is 1.00. The third kappa shape index (κ3) is 5.01. The lowest BCUT2D eigenvalue weighted by molar-refractivity contribution is 0.0380. The number of rotatable bonds is 8. The number of fused-ring (bicyclic) bond motifs is 1. The van der Waals surface area contributed by atoms with E-state index in [2.05, 4.69) is 29.1 Å². The average Bonchev–Trinajstić information content (AvgIpc) is 2.46. The third-order valence-electron chi connectivity index (χ3n) is 5.26. The van der Waals surface area contributed by atoms with Gasteiger partial charge >= 0.3 is 0 Å². The standard InChI is InChI=1S/C17H35N3/c1-3-18-11-6-4-5-7-13-20-14-10-17-16(15-20)9-8-12-19(17)2/h16-18H,3-15H2,1-2H3. The Morgan fingerprint density at radius 3 is 2.75 bits per heavy atom. The topological polar surface area (TPSA) is 18.5 Å². The molecule has 0 saturated carbocycles. The van der Waals surface area contributed by atoms with E-state index in [4.69, 9.17) is 0 Å². The predicted molar refractivity (Wildman–Crippen MR) is 87.2 cm³/mol. The van der Waals surface area contributed by atoms with Crippen LogP contribution in [-0.2, 0) is 0 Å². The third-order valence-corrected chi connectivity index (χ3v) is 5.26. The molecule has 1 N–H and O–H groups in total. The van der Waals surface area contributed by atoms with Crippen molar-refractivity contribution in [2.24, 2.45) is 5.92 Å². The summed E-state index contributed by atoms with van der Waals surface area (Å²) in [6, 6.07) is 0.889. The van der Waals surface area contributed by atoms with Crippen LogP contribution in [-0.4, -0.2) is 62.2 Å². The summed E-state index contributed by atoms with van der Waals surface area (Å²) >= 11 is 0. The highest BCUT2D eigenvalue weighted by atomic mass is 15.2. The Balaban J connectivity index is 1.54. The molecule has 0 radical (unpaired) electrons. The summed E-state index contributed by atoms with van der Waals surface area (Å²) in [4.78, 5) is 5.36. The van der Waals surface area contributed by atoms with Crippen LogP contribution in [0.5, 0.6) is 0 Å². The van der Waals surface area contributed by atoms with Gasteiger partial charge in [0.2, 0.25) is 0 Å². The highest BCUT2D eigenvalue weighted by molar-refractivity contribution is 4.89. The molecule has 2 saturated heterocycles. The summed E-state index contributed by atoms with van der Waals surface area (Å²) < 4.78 is 0. The van der Waals surface area contributed by atoms with Crippen LogP contribution in [0.1, 0.15) is 51.9 Å². The molecule has 2 heterocycles. The van der Waals surface area contributed by atoms with Crippen LogP contribution in [0.3, 0.4) is 0 Å². The molecule has 2 aliphatic rings. The van der Waals surface area contributed by atoms with E-state index in [1.165, 1.54) is 77.7 Å². The molecular weight excluding hydrogens is 246 g/mol. The molecule has 2 unspecified atom stereocenters. The molecule has 0 spiro atoms. The SMILES string of the molecule is CCNCCCCCCN1CCC2C(CCCN2C)C1. The van der Waals surface area contributed by atoms with Gasteiger partial charge in [0, 0.05) is 12.6 Å². The minimum Gasteiger partial charge on any atom is -0.317 e. The van der Waals surface area contributed by atoms with E-state index in [9.17, 15) is 0 Å². The summed E-state index contributed by atoms with van der Waals surface area (Å²) in [5.74, 6) is 0.955. The number of nitrogens with one attached hydrogen (secondary N) is 1. The molecule has 0 amide bonds. The molecule has 0 aromatic carbocycles. The van der Waals surface area contributed by atoms with E-state index in [0.717, 1.165) is 18.5 Å². The summed E-state index contributed by atoms with van der Waals surface area (Å²) in [6.07, 6.45) is 9.85. The first kappa shape index (κ1) is 16.3. The fourth-order valence-corrected chi connectivity index (χ4v) is 4.05. The van der Waals surface area contributed by atoms with Gasteiger partial charge in [-0.2, -0.15) is 0 Å². The van der Waals surface area contributed by atoms with Crippen molar-refractivity contribution in [3.8, 4) is 0 Å². The Kier molecular flexibility index (Phi) is 7.32. The molecule has 0 bridgehead atoms. The minimum absolute atomic E-state index is 0.889. The molecule has 2 rings (SSSR count). The lowest BCUT2D eigenvalue weighted by Gasteiger charge is -2.46. The number of hydrogen-bond acceptors (Lipinski definition) is 3. The Hall–Kier alpha value is -0.120. The van der Waals surface area contributed by atoms with Gasteiger partial charge in [-0.15, -0.1) is 0 Å². The van der Waals surface area contributed by atoms with E-state index in [-0.39, 0.29) is 0 Å². The van der Waals surface area contributed by atoms with Crippen LogP contribution in [0, 0.1) is 5.92 Å². The summed E-state index contributed by atoms with van der Waals surface area (Å²) in [5.41, 5.74) is 0. The molecule has 0 aromatic heterocycles. The summed E-state index contributed by atoms with van der Waals surface area (Å²) in [5, 5.41) is 3.41. The smallest absolute Gasteiger partial charge is 0.0145 e. The maximum absolute atomic E-state index is 3.41. The van der Waals surface area contributed by atoms with Crippen molar-refractivity contribution < 1.29 is 0 Å². The first-order valence-electron chi connectivity index (χ1n) is 8.94. The van der Waals surface area contributed by atoms with E-state index in [1.54, 1.807) is 0 Å². The van der Waals surface area contributed by atoms with Crippen molar-refractivity contribution in [1.29, 1.82) is 0 Å². The van der Waals surface area contributed by atoms with Crippen LogP contribution in [0.25, 0.3) is 0 Å². The zero-order valence-corrected chi connectivity index (χ0v) is 13.7. The molecule has 3 heteroatoms. The molecular formula is C17H35N3. The maximum atomic E-state index is 3.41. The van der Waals surface area contributed by atoms with Gasteiger partial charge < -0.3 is 15.1 Å². The summed E-state index contributed by atoms with van der Waals surface area (Å²) in [7, 11) is 2.33. The quantitative estimate of drug-likeness (QED) is 0.690. The van der Waals surface area contributed by atoms with Gasteiger partial charge in [-0.1, -0.05) is 19.8 Å². The minimum atomic E-state index is 0.889. The highest BCUT2D eigenvalue weighted by Crippen LogP contribution is 2.29.